The van der Waals surface area contributed by atoms with Gasteiger partial charge in [-0.2, -0.15) is 5.10 Å². The summed E-state index contributed by atoms with van der Waals surface area (Å²) in [5, 5.41) is 11.1. The maximum Gasteiger partial charge on any atom is 0.171 e. The molecule has 0 bridgehead atoms. The lowest BCUT2D eigenvalue weighted by atomic mass is 10.3. The summed E-state index contributed by atoms with van der Waals surface area (Å²) >= 11 is 5.28. The van der Waals surface area contributed by atoms with E-state index in [1.54, 1.807) is 14.2 Å². The largest absolute Gasteiger partial charge is 0.493 e. The fourth-order valence-electron chi connectivity index (χ4n) is 1.93. The molecule has 0 saturated carbocycles. The molecule has 2 aromatic rings. The van der Waals surface area contributed by atoms with E-state index in [0.29, 0.717) is 23.2 Å². The van der Waals surface area contributed by atoms with Crippen molar-refractivity contribution in [3.63, 3.8) is 0 Å². The van der Waals surface area contributed by atoms with Gasteiger partial charge in [-0.05, 0) is 37.3 Å². The summed E-state index contributed by atoms with van der Waals surface area (Å²) in [4.78, 5) is 0. The van der Waals surface area contributed by atoms with Crippen LogP contribution in [0.4, 0.5) is 5.69 Å². The number of ether oxygens (including phenoxy) is 2. The molecule has 0 spiro atoms. The highest BCUT2D eigenvalue weighted by molar-refractivity contribution is 7.80. The molecular formula is C15H20N4O2S. The van der Waals surface area contributed by atoms with Crippen LogP contribution in [0.25, 0.3) is 0 Å². The lowest BCUT2D eigenvalue weighted by molar-refractivity contribution is 0.355. The fraction of sp³-hybridized carbons (Fsp3) is 0.333. The van der Waals surface area contributed by atoms with Crippen LogP contribution in [-0.4, -0.2) is 29.1 Å². The van der Waals surface area contributed by atoms with E-state index in [4.69, 9.17) is 21.7 Å². The van der Waals surface area contributed by atoms with Crippen molar-refractivity contribution in [2.75, 3.05) is 19.5 Å². The van der Waals surface area contributed by atoms with E-state index in [9.17, 15) is 0 Å². The Morgan fingerprint density at radius 3 is 2.64 bits per heavy atom. The van der Waals surface area contributed by atoms with Gasteiger partial charge in [-0.15, -0.1) is 0 Å². The Bertz CT molecular complexity index is 642. The summed E-state index contributed by atoms with van der Waals surface area (Å²) in [7, 11) is 3.20. The van der Waals surface area contributed by atoms with Crippen molar-refractivity contribution in [2.45, 2.75) is 20.0 Å². The van der Waals surface area contributed by atoms with Gasteiger partial charge in [0, 0.05) is 24.5 Å². The molecule has 2 N–H and O–H groups in total. The average Bonchev–Trinajstić information content (AvgIpc) is 3.01. The highest BCUT2D eigenvalue weighted by Gasteiger charge is 2.06. The predicted molar refractivity (Wildman–Crippen MR) is 90.5 cm³/mol. The molecule has 22 heavy (non-hydrogen) atoms. The number of hydrogen-bond donors (Lipinski definition) is 2. The second kappa shape index (κ2) is 7.65. The molecule has 0 aliphatic heterocycles. The monoisotopic (exact) mass is 320 g/mol. The molecule has 6 nitrogen and oxygen atoms in total. The Hall–Kier alpha value is -2.28. The summed E-state index contributed by atoms with van der Waals surface area (Å²) < 4.78 is 12.3. The molecule has 0 unspecified atom stereocenters. The number of rotatable bonds is 6. The molecule has 0 radical (unpaired) electrons. The van der Waals surface area contributed by atoms with E-state index in [2.05, 4.69) is 15.7 Å². The van der Waals surface area contributed by atoms with Gasteiger partial charge in [-0.3, -0.25) is 4.68 Å². The van der Waals surface area contributed by atoms with Crippen LogP contribution in [0.1, 0.15) is 12.6 Å². The van der Waals surface area contributed by atoms with Crippen molar-refractivity contribution in [1.82, 2.24) is 15.1 Å². The van der Waals surface area contributed by atoms with Gasteiger partial charge in [-0.1, -0.05) is 0 Å². The molecular weight excluding hydrogens is 300 g/mol. The molecule has 1 heterocycles. The van der Waals surface area contributed by atoms with Crippen LogP contribution in [0.3, 0.4) is 0 Å². The van der Waals surface area contributed by atoms with E-state index >= 15 is 0 Å². The molecule has 7 heteroatoms. The van der Waals surface area contributed by atoms with Gasteiger partial charge < -0.3 is 20.1 Å². The summed E-state index contributed by atoms with van der Waals surface area (Å²) in [6.45, 7) is 3.48. The van der Waals surface area contributed by atoms with Crippen molar-refractivity contribution in [3.8, 4) is 11.5 Å². The Kier molecular flexibility index (Phi) is 5.60. The number of nitrogens with zero attached hydrogens (tertiary/aromatic N) is 2. The third-order valence-corrected chi connectivity index (χ3v) is 3.34. The standard InChI is InChI=1S/C15H20N4O2S/c1-4-19-8-7-12(18-19)10-16-15(22)17-11-5-6-13(20-2)14(9-11)21-3/h5-9H,4,10H2,1-3H3,(H2,16,17,22). The van der Waals surface area contributed by atoms with Gasteiger partial charge in [0.1, 0.15) is 0 Å². The summed E-state index contributed by atoms with van der Waals surface area (Å²) in [6, 6.07) is 7.50. The van der Waals surface area contributed by atoms with Crippen LogP contribution in [0.15, 0.2) is 30.5 Å². The number of aryl methyl sites for hydroxylation is 1. The van der Waals surface area contributed by atoms with Crippen LogP contribution in [0, 0.1) is 0 Å². The summed E-state index contributed by atoms with van der Waals surface area (Å²) in [5.41, 5.74) is 1.77. The highest BCUT2D eigenvalue weighted by Crippen LogP contribution is 2.29. The minimum Gasteiger partial charge on any atom is -0.493 e. The lowest BCUT2D eigenvalue weighted by Gasteiger charge is -2.12. The third-order valence-electron chi connectivity index (χ3n) is 3.09. The molecule has 0 atom stereocenters. The Labute approximate surface area is 135 Å². The maximum atomic E-state index is 5.28. The van der Waals surface area contributed by atoms with E-state index < -0.39 is 0 Å². The first-order valence-corrected chi connectivity index (χ1v) is 7.36. The van der Waals surface area contributed by atoms with Crippen LogP contribution in [-0.2, 0) is 13.1 Å². The Morgan fingerprint density at radius 2 is 2.00 bits per heavy atom. The number of hydrogen-bond acceptors (Lipinski definition) is 4. The van der Waals surface area contributed by atoms with Gasteiger partial charge in [0.2, 0.25) is 0 Å². The molecule has 0 aliphatic rings. The highest BCUT2D eigenvalue weighted by atomic mass is 32.1. The molecule has 118 valence electrons. The quantitative estimate of drug-likeness (QED) is 0.797. The van der Waals surface area contributed by atoms with Gasteiger partial charge in [0.05, 0.1) is 26.5 Å². The van der Waals surface area contributed by atoms with Crippen molar-refractivity contribution in [2.24, 2.45) is 0 Å². The van der Waals surface area contributed by atoms with Gasteiger partial charge in [0.15, 0.2) is 16.6 Å². The molecule has 0 saturated heterocycles. The number of nitrogens with one attached hydrogen (secondary N) is 2. The molecule has 0 amide bonds. The van der Waals surface area contributed by atoms with Crippen molar-refractivity contribution < 1.29 is 9.47 Å². The van der Waals surface area contributed by atoms with Gasteiger partial charge in [-0.25, -0.2) is 0 Å². The number of aromatic nitrogens is 2. The second-order valence-corrected chi connectivity index (χ2v) is 4.95. The fourth-order valence-corrected chi connectivity index (χ4v) is 2.12. The van der Waals surface area contributed by atoms with Crippen molar-refractivity contribution in [1.29, 1.82) is 0 Å². The van der Waals surface area contributed by atoms with Crippen LogP contribution >= 0.6 is 12.2 Å². The predicted octanol–water partition coefficient (Wildman–Crippen LogP) is 2.41. The summed E-state index contributed by atoms with van der Waals surface area (Å²) in [5.74, 6) is 1.33. The van der Waals surface area contributed by atoms with Crippen LogP contribution in [0.2, 0.25) is 0 Å². The normalized spacial score (nSPS) is 10.1. The van der Waals surface area contributed by atoms with E-state index in [1.807, 2.05) is 42.1 Å². The van der Waals surface area contributed by atoms with Gasteiger partial charge in [0.25, 0.3) is 0 Å². The second-order valence-electron chi connectivity index (χ2n) is 4.54. The number of thiocarbonyl (C=S) groups is 1. The van der Waals surface area contributed by atoms with E-state index in [-0.39, 0.29) is 0 Å². The molecule has 0 aliphatic carbocycles. The average molecular weight is 320 g/mol. The van der Waals surface area contributed by atoms with E-state index in [0.717, 1.165) is 17.9 Å². The first kappa shape index (κ1) is 16.1. The minimum absolute atomic E-state index is 0.526. The van der Waals surface area contributed by atoms with Crippen LogP contribution in [0.5, 0.6) is 11.5 Å². The number of methoxy groups -OCH3 is 2. The number of benzene rings is 1. The molecule has 1 aromatic carbocycles. The summed E-state index contributed by atoms with van der Waals surface area (Å²) in [6.07, 6.45) is 1.95. The topological polar surface area (TPSA) is 60.3 Å². The first-order valence-electron chi connectivity index (χ1n) is 6.95. The zero-order valence-electron chi connectivity index (χ0n) is 12.9. The van der Waals surface area contributed by atoms with E-state index in [1.165, 1.54) is 0 Å². The number of anilines is 1. The third kappa shape index (κ3) is 4.11. The van der Waals surface area contributed by atoms with Crippen LogP contribution < -0.4 is 20.1 Å². The van der Waals surface area contributed by atoms with Crippen molar-refractivity contribution in [3.05, 3.63) is 36.2 Å². The zero-order chi connectivity index (χ0) is 15.9. The lowest BCUT2D eigenvalue weighted by Crippen LogP contribution is -2.28. The van der Waals surface area contributed by atoms with Crippen molar-refractivity contribution >= 4 is 23.0 Å². The first-order chi connectivity index (χ1) is 10.7. The molecule has 2 rings (SSSR count). The zero-order valence-corrected chi connectivity index (χ0v) is 13.7. The van der Waals surface area contributed by atoms with Gasteiger partial charge >= 0.3 is 0 Å². The smallest absolute Gasteiger partial charge is 0.171 e. The minimum atomic E-state index is 0.526. The Morgan fingerprint density at radius 1 is 1.23 bits per heavy atom. The maximum absolute atomic E-state index is 5.28. The molecule has 0 fully saturated rings. The Balaban J connectivity index is 1.91. The molecule has 1 aromatic heterocycles. The SMILES string of the molecule is CCn1ccc(CNC(=S)Nc2ccc(OC)c(OC)c2)n1.